The van der Waals surface area contributed by atoms with E-state index in [0.717, 1.165) is 18.4 Å². The van der Waals surface area contributed by atoms with E-state index in [9.17, 15) is 4.79 Å². The molecule has 0 radical (unpaired) electrons. The van der Waals surface area contributed by atoms with Crippen molar-refractivity contribution in [2.45, 2.75) is 39.2 Å². The topological polar surface area (TPSA) is 41.1 Å². The molecule has 0 unspecified atom stereocenters. The van der Waals surface area contributed by atoms with Gasteiger partial charge in [-0.1, -0.05) is 13.8 Å². The molecule has 0 heterocycles. The van der Waals surface area contributed by atoms with Crippen molar-refractivity contribution in [2.75, 3.05) is 13.6 Å². The van der Waals surface area contributed by atoms with Crippen LogP contribution in [-0.4, -0.2) is 25.5 Å². The largest absolute Gasteiger partial charge is 0.359 e. The molecular formula is C11H22N2O. The molecule has 1 aliphatic carbocycles. The van der Waals surface area contributed by atoms with Crippen molar-refractivity contribution < 1.29 is 4.79 Å². The SMILES string of the molecule is CNC(=O)CCNC1CC(C(C)C)C1. The Bertz CT molecular complexity index is 186. The second-order valence-corrected chi connectivity index (χ2v) is 4.55. The Balaban J connectivity index is 1.98. The van der Waals surface area contributed by atoms with Gasteiger partial charge < -0.3 is 10.6 Å². The summed E-state index contributed by atoms with van der Waals surface area (Å²) >= 11 is 0. The molecule has 1 saturated carbocycles. The summed E-state index contributed by atoms with van der Waals surface area (Å²) in [6.45, 7) is 5.38. The highest BCUT2D eigenvalue weighted by Gasteiger charge is 2.30. The van der Waals surface area contributed by atoms with E-state index >= 15 is 0 Å². The molecule has 3 nitrogen and oxygen atoms in total. The van der Waals surface area contributed by atoms with Gasteiger partial charge in [0.25, 0.3) is 0 Å². The Kier molecular flexibility index (Phi) is 4.39. The van der Waals surface area contributed by atoms with Crippen LogP contribution in [0.25, 0.3) is 0 Å². The summed E-state index contributed by atoms with van der Waals surface area (Å²) in [4.78, 5) is 10.9. The van der Waals surface area contributed by atoms with Crippen molar-refractivity contribution in [3.05, 3.63) is 0 Å². The van der Waals surface area contributed by atoms with Crippen molar-refractivity contribution in [3.8, 4) is 0 Å². The van der Waals surface area contributed by atoms with Crippen LogP contribution < -0.4 is 10.6 Å². The third-order valence-corrected chi connectivity index (χ3v) is 3.18. The summed E-state index contributed by atoms with van der Waals surface area (Å²) in [5, 5.41) is 6.03. The molecule has 0 saturated heterocycles. The highest BCUT2D eigenvalue weighted by Crippen LogP contribution is 2.33. The van der Waals surface area contributed by atoms with Crippen LogP contribution in [0, 0.1) is 11.8 Å². The van der Waals surface area contributed by atoms with Crippen LogP contribution in [0.4, 0.5) is 0 Å². The van der Waals surface area contributed by atoms with Crippen LogP contribution in [0.1, 0.15) is 33.1 Å². The molecule has 1 aliphatic rings. The maximum atomic E-state index is 10.9. The van der Waals surface area contributed by atoms with Crippen LogP contribution in [0.15, 0.2) is 0 Å². The van der Waals surface area contributed by atoms with Crippen molar-refractivity contribution in [2.24, 2.45) is 11.8 Å². The fraction of sp³-hybridized carbons (Fsp3) is 0.909. The van der Waals surface area contributed by atoms with Crippen LogP contribution >= 0.6 is 0 Å². The maximum Gasteiger partial charge on any atom is 0.221 e. The van der Waals surface area contributed by atoms with Gasteiger partial charge in [0, 0.05) is 26.1 Å². The zero-order chi connectivity index (χ0) is 10.6. The predicted octanol–water partition coefficient (Wildman–Crippen LogP) is 1.15. The second-order valence-electron chi connectivity index (χ2n) is 4.55. The van der Waals surface area contributed by atoms with Gasteiger partial charge in [0.2, 0.25) is 5.91 Å². The maximum absolute atomic E-state index is 10.9. The van der Waals surface area contributed by atoms with E-state index in [4.69, 9.17) is 0 Å². The molecule has 1 amide bonds. The lowest BCUT2D eigenvalue weighted by Crippen LogP contribution is -2.44. The van der Waals surface area contributed by atoms with Crippen molar-refractivity contribution in [1.29, 1.82) is 0 Å². The molecule has 0 aliphatic heterocycles. The van der Waals surface area contributed by atoms with E-state index in [1.807, 2.05) is 0 Å². The first-order chi connectivity index (χ1) is 6.63. The van der Waals surface area contributed by atoms with Gasteiger partial charge in [0.15, 0.2) is 0 Å². The van der Waals surface area contributed by atoms with Gasteiger partial charge in [0.05, 0.1) is 0 Å². The van der Waals surface area contributed by atoms with Gasteiger partial charge in [-0.2, -0.15) is 0 Å². The van der Waals surface area contributed by atoms with Gasteiger partial charge >= 0.3 is 0 Å². The third kappa shape index (κ3) is 3.29. The summed E-state index contributed by atoms with van der Waals surface area (Å²) in [5.41, 5.74) is 0. The first kappa shape index (κ1) is 11.5. The highest BCUT2D eigenvalue weighted by molar-refractivity contribution is 5.75. The summed E-state index contributed by atoms with van der Waals surface area (Å²) in [7, 11) is 1.68. The van der Waals surface area contributed by atoms with Gasteiger partial charge in [0.1, 0.15) is 0 Å². The molecule has 2 N–H and O–H groups in total. The molecule has 1 rings (SSSR count). The lowest BCUT2D eigenvalue weighted by atomic mass is 9.74. The van der Waals surface area contributed by atoms with Gasteiger partial charge in [-0.3, -0.25) is 4.79 Å². The van der Waals surface area contributed by atoms with Crippen LogP contribution in [-0.2, 0) is 4.79 Å². The fourth-order valence-electron chi connectivity index (χ4n) is 1.89. The minimum atomic E-state index is 0.122. The van der Waals surface area contributed by atoms with E-state index in [0.29, 0.717) is 12.5 Å². The summed E-state index contributed by atoms with van der Waals surface area (Å²) in [5.74, 6) is 1.83. The number of hydrogen-bond donors (Lipinski definition) is 2. The van der Waals surface area contributed by atoms with Crippen LogP contribution in [0.3, 0.4) is 0 Å². The predicted molar refractivity (Wildman–Crippen MR) is 58.0 cm³/mol. The molecule has 0 aromatic heterocycles. The summed E-state index contributed by atoms with van der Waals surface area (Å²) in [6.07, 6.45) is 3.16. The number of rotatable bonds is 5. The van der Waals surface area contributed by atoms with Gasteiger partial charge in [-0.05, 0) is 24.7 Å². The average Bonchev–Trinajstić information content (AvgIpc) is 2.07. The van der Waals surface area contributed by atoms with E-state index in [-0.39, 0.29) is 5.91 Å². The number of amides is 1. The minimum absolute atomic E-state index is 0.122. The molecule has 0 bridgehead atoms. The van der Waals surface area contributed by atoms with Crippen LogP contribution in [0.2, 0.25) is 0 Å². The number of nitrogens with one attached hydrogen (secondary N) is 2. The molecule has 0 atom stereocenters. The Morgan fingerprint density at radius 1 is 1.43 bits per heavy atom. The number of hydrogen-bond acceptors (Lipinski definition) is 2. The molecule has 0 aromatic carbocycles. The van der Waals surface area contributed by atoms with E-state index in [1.165, 1.54) is 12.8 Å². The first-order valence-electron chi connectivity index (χ1n) is 5.57. The normalized spacial score (nSPS) is 26.0. The van der Waals surface area contributed by atoms with E-state index in [1.54, 1.807) is 7.05 Å². The van der Waals surface area contributed by atoms with E-state index in [2.05, 4.69) is 24.5 Å². The lowest BCUT2D eigenvalue weighted by Gasteiger charge is -2.38. The molecule has 0 aromatic rings. The Morgan fingerprint density at radius 2 is 2.07 bits per heavy atom. The molecule has 0 spiro atoms. The summed E-state index contributed by atoms with van der Waals surface area (Å²) < 4.78 is 0. The average molecular weight is 198 g/mol. The minimum Gasteiger partial charge on any atom is -0.359 e. The highest BCUT2D eigenvalue weighted by atomic mass is 16.1. The van der Waals surface area contributed by atoms with E-state index < -0.39 is 0 Å². The van der Waals surface area contributed by atoms with Crippen molar-refractivity contribution in [1.82, 2.24) is 10.6 Å². The van der Waals surface area contributed by atoms with Gasteiger partial charge in [-0.15, -0.1) is 0 Å². The first-order valence-corrected chi connectivity index (χ1v) is 5.57. The molecule has 1 fully saturated rings. The zero-order valence-electron chi connectivity index (χ0n) is 9.47. The zero-order valence-corrected chi connectivity index (χ0v) is 9.47. The molecule has 3 heteroatoms. The lowest BCUT2D eigenvalue weighted by molar-refractivity contribution is -0.120. The Morgan fingerprint density at radius 3 is 2.57 bits per heavy atom. The Hall–Kier alpha value is -0.570. The summed E-state index contributed by atoms with van der Waals surface area (Å²) in [6, 6.07) is 0.659. The number of carbonyl (C=O) groups excluding carboxylic acids is 1. The quantitative estimate of drug-likeness (QED) is 0.695. The van der Waals surface area contributed by atoms with Gasteiger partial charge in [-0.25, -0.2) is 0 Å². The third-order valence-electron chi connectivity index (χ3n) is 3.18. The van der Waals surface area contributed by atoms with Crippen molar-refractivity contribution in [3.63, 3.8) is 0 Å². The van der Waals surface area contributed by atoms with Crippen molar-refractivity contribution >= 4 is 5.91 Å². The van der Waals surface area contributed by atoms with Crippen LogP contribution in [0.5, 0.6) is 0 Å². The molecule has 14 heavy (non-hydrogen) atoms. The molecular weight excluding hydrogens is 176 g/mol. The standard InChI is InChI=1S/C11H22N2O/c1-8(2)9-6-10(7-9)13-5-4-11(14)12-3/h8-10,13H,4-7H2,1-3H3,(H,12,14). The smallest absolute Gasteiger partial charge is 0.221 e. The molecule has 82 valence electrons. The fourth-order valence-corrected chi connectivity index (χ4v) is 1.89. The Labute approximate surface area is 86.6 Å². The number of carbonyl (C=O) groups is 1. The second kappa shape index (κ2) is 5.35. The monoisotopic (exact) mass is 198 g/mol.